The minimum atomic E-state index is -0.829. The third-order valence-corrected chi connectivity index (χ3v) is 3.82. The van der Waals surface area contributed by atoms with Crippen LogP contribution in [0, 0.1) is 0 Å². The summed E-state index contributed by atoms with van der Waals surface area (Å²) in [4.78, 5) is 16.6. The Labute approximate surface area is 117 Å². The summed E-state index contributed by atoms with van der Waals surface area (Å²) in [6.45, 7) is 10.6. The van der Waals surface area contributed by atoms with Crippen LogP contribution in [0.25, 0.3) is 0 Å². The number of carbonyl (C=O) groups excluding carboxylic acids is 1. The van der Waals surface area contributed by atoms with Crippen LogP contribution in [-0.2, 0) is 4.79 Å². The van der Waals surface area contributed by atoms with Gasteiger partial charge >= 0.3 is 0 Å². The SMILES string of the molecule is CCN(CC(C)(C)O)C(=O)C(C)N1CCCCCC1. The molecule has 0 bridgehead atoms. The second-order valence-corrected chi connectivity index (χ2v) is 6.29. The largest absolute Gasteiger partial charge is 0.389 e. The van der Waals surface area contributed by atoms with Gasteiger partial charge in [0.15, 0.2) is 0 Å². The number of hydrogen-bond donors (Lipinski definition) is 1. The predicted molar refractivity (Wildman–Crippen MR) is 78.1 cm³/mol. The molecule has 1 aliphatic heterocycles. The zero-order chi connectivity index (χ0) is 14.5. The molecule has 0 aliphatic carbocycles. The van der Waals surface area contributed by atoms with Crippen LogP contribution in [0.15, 0.2) is 0 Å². The highest BCUT2D eigenvalue weighted by molar-refractivity contribution is 5.81. The molecule has 0 saturated carbocycles. The maximum atomic E-state index is 12.5. The first-order valence-corrected chi connectivity index (χ1v) is 7.60. The minimum Gasteiger partial charge on any atom is -0.389 e. The lowest BCUT2D eigenvalue weighted by atomic mass is 10.1. The molecule has 1 saturated heterocycles. The molecule has 0 aromatic heterocycles. The molecule has 0 aromatic carbocycles. The van der Waals surface area contributed by atoms with E-state index in [1.165, 1.54) is 25.7 Å². The number of rotatable bonds is 5. The van der Waals surface area contributed by atoms with Gasteiger partial charge in [0.25, 0.3) is 0 Å². The van der Waals surface area contributed by atoms with Crippen molar-refractivity contribution in [3.63, 3.8) is 0 Å². The molecule has 1 aliphatic rings. The third kappa shape index (κ3) is 5.49. The Morgan fingerprint density at radius 2 is 1.79 bits per heavy atom. The van der Waals surface area contributed by atoms with Crippen molar-refractivity contribution in [2.24, 2.45) is 0 Å². The van der Waals surface area contributed by atoms with E-state index in [1.54, 1.807) is 18.7 Å². The van der Waals surface area contributed by atoms with Gasteiger partial charge in [-0.15, -0.1) is 0 Å². The lowest BCUT2D eigenvalue weighted by molar-refractivity contribution is -0.139. The van der Waals surface area contributed by atoms with Gasteiger partial charge in [-0.1, -0.05) is 12.8 Å². The Kier molecular flexibility index (Phi) is 6.27. The van der Waals surface area contributed by atoms with Crippen molar-refractivity contribution in [3.05, 3.63) is 0 Å². The van der Waals surface area contributed by atoms with Gasteiger partial charge in [-0.2, -0.15) is 0 Å². The van der Waals surface area contributed by atoms with E-state index in [1.807, 2.05) is 13.8 Å². The van der Waals surface area contributed by atoms with Gasteiger partial charge in [0, 0.05) is 13.1 Å². The van der Waals surface area contributed by atoms with Gasteiger partial charge in [-0.05, 0) is 53.6 Å². The zero-order valence-corrected chi connectivity index (χ0v) is 13.0. The zero-order valence-electron chi connectivity index (χ0n) is 13.0. The molecule has 19 heavy (non-hydrogen) atoms. The van der Waals surface area contributed by atoms with Gasteiger partial charge in [0.05, 0.1) is 11.6 Å². The summed E-state index contributed by atoms with van der Waals surface area (Å²) in [6.07, 6.45) is 4.93. The maximum absolute atomic E-state index is 12.5. The summed E-state index contributed by atoms with van der Waals surface area (Å²) < 4.78 is 0. The fraction of sp³-hybridized carbons (Fsp3) is 0.933. The molecule has 1 atom stereocenters. The van der Waals surface area contributed by atoms with Crippen LogP contribution in [0.1, 0.15) is 53.4 Å². The summed E-state index contributed by atoms with van der Waals surface area (Å²) in [5.74, 6) is 0.145. The molecule has 1 N–H and O–H groups in total. The minimum absolute atomic E-state index is 0.0691. The molecule has 112 valence electrons. The van der Waals surface area contributed by atoms with Gasteiger partial charge < -0.3 is 10.0 Å². The van der Waals surface area contributed by atoms with Crippen molar-refractivity contribution in [1.29, 1.82) is 0 Å². The van der Waals surface area contributed by atoms with Crippen molar-refractivity contribution in [2.75, 3.05) is 26.2 Å². The second-order valence-electron chi connectivity index (χ2n) is 6.29. The third-order valence-electron chi connectivity index (χ3n) is 3.82. The smallest absolute Gasteiger partial charge is 0.239 e. The topological polar surface area (TPSA) is 43.8 Å². The van der Waals surface area contributed by atoms with Crippen LogP contribution >= 0.6 is 0 Å². The Morgan fingerprint density at radius 1 is 1.26 bits per heavy atom. The first-order chi connectivity index (χ1) is 8.85. The number of aliphatic hydroxyl groups is 1. The molecule has 1 amide bonds. The van der Waals surface area contributed by atoms with E-state index in [9.17, 15) is 9.90 Å². The van der Waals surface area contributed by atoms with Gasteiger partial charge in [0.2, 0.25) is 5.91 Å². The molecule has 1 rings (SSSR count). The summed E-state index contributed by atoms with van der Waals surface area (Å²) in [7, 11) is 0. The van der Waals surface area contributed by atoms with Gasteiger partial charge in [0.1, 0.15) is 0 Å². The fourth-order valence-corrected chi connectivity index (χ4v) is 2.72. The van der Waals surface area contributed by atoms with Crippen molar-refractivity contribution in [3.8, 4) is 0 Å². The van der Waals surface area contributed by atoms with E-state index in [4.69, 9.17) is 0 Å². The Balaban J connectivity index is 2.62. The standard InChI is InChI=1S/C15H30N2O2/c1-5-16(12-15(3,4)19)14(18)13(2)17-10-8-6-7-9-11-17/h13,19H,5-12H2,1-4H3. The van der Waals surface area contributed by atoms with Crippen molar-refractivity contribution >= 4 is 5.91 Å². The number of amides is 1. The number of nitrogens with zero attached hydrogens (tertiary/aromatic N) is 2. The molecule has 0 aromatic rings. The Bertz CT molecular complexity index is 278. The van der Waals surface area contributed by atoms with E-state index < -0.39 is 5.60 Å². The highest BCUT2D eigenvalue weighted by Gasteiger charge is 2.28. The van der Waals surface area contributed by atoms with E-state index in [0.29, 0.717) is 13.1 Å². The first kappa shape index (κ1) is 16.4. The van der Waals surface area contributed by atoms with Crippen LogP contribution in [0.5, 0.6) is 0 Å². The summed E-state index contributed by atoms with van der Waals surface area (Å²) >= 11 is 0. The average Bonchev–Trinajstić information content (AvgIpc) is 2.61. The average molecular weight is 270 g/mol. The molecule has 1 fully saturated rings. The highest BCUT2D eigenvalue weighted by atomic mass is 16.3. The molecule has 1 unspecified atom stereocenters. The van der Waals surface area contributed by atoms with E-state index in [-0.39, 0.29) is 11.9 Å². The summed E-state index contributed by atoms with van der Waals surface area (Å²) in [5, 5.41) is 9.90. The Hall–Kier alpha value is -0.610. The van der Waals surface area contributed by atoms with Crippen LogP contribution in [0.3, 0.4) is 0 Å². The molecule has 4 nitrogen and oxygen atoms in total. The molecule has 0 spiro atoms. The lowest BCUT2D eigenvalue weighted by Crippen LogP contribution is -2.51. The van der Waals surface area contributed by atoms with Crippen LogP contribution < -0.4 is 0 Å². The molecular formula is C15H30N2O2. The second kappa shape index (κ2) is 7.25. The highest BCUT2D eigenvalue weighted by Crippen LogP contribution is 2.15. The maximum Gasteiger partial charge on any atom is 0.239 e. The van der Waals surface area contributed by atoms with Gasteiger partial charge in [-0.3, -0.25) is 9.69 Å². The number of likely N-dealkylation sites (N-methyl/N-ethyl adjacent to an activating group) is 1. The van der Waals surface area contributed by atoms with E-state index in [0.717, 1.165) is 13.1 Å². The van der Waals surface area contributed by atoms with E-state index >= 15 is 0 Å². The predicted octanol–water partition coefficient (Wildman–Crippen LogP) is 1.87. The lowest BCUT2D eigenvalue weighted by Gasteiger charge is -2.34. The number of hydrogen-bond acceptors (Lipinski definition) is 3. The van der Waals surface area contributed by atoms with Crippen LogP contribution in [-0.4, -0.2) is 58.6 Å². The summed E-state index contributed by atoms with van der Waals surface area (Å²) in [5.41, 5.74) is -0.829. The number of likely N-dealkylation sites (tertiary alicyclic amines) is 1. The van der Waals surface area contributed by atoms with Crippen LogP contribution in [0.4, 0.5) is 0 Å². The molecule has 1 heterocycles. The molecule has 4 heteroatoms. The normalized spacial score (nSPS) is 19.8. The molecule has 0 radical (unpaired) electrons. The molecular weight excluding hydrogens is 240 g/mol. The van der Waals surface area contributed by atoms with Crippen molar-refractivity contribution in [1.82, 2.24) is 9.80 Å². The quantitative estimate of drug-likeness (QED) is 0.829. The van der Waals surface area contributed by atoms with Crippen LogP contribution in [0.2, 0.25) is 0 Å². The monoisotopic (exact) mass is 270 g/mol. The van der Waals surface area contributed by atoms with Gasteiger partial charge in [-0.25, -0.2) is 0 Å². The number of carbonyl (C=O) groups is 1. The van der Waals surface area contributed by atoms with Crippen molar-refractivity contribution in [2.45, 2.75) is 65.0 Å². The fourth-order valence-electron chi connectivity index (χ4n) is 2.72. The first-order valence-electron chi connectivity index (χ1n) is 7.60. The Morgan fingerprint density at radius 3 is 2.21 bits per heavy atom. The summed E-state index contributed by atoms with van der Waals surface area (Å²) in [6, 6.07) is -0.0691. The van der Waals surface area contributed by atoms with E-state index in [2.05, 4.69) is 4.90 Å². The van der Waals surface area contributed by atoms with Crippen molar-refractivity contribution < 1.29 is 9.90 Å².